The molecule has 2 rings (SSSR count). The van der Waals surface area contributed by atoms with Gasteiger partial charge in [0.25, 0.3) is 0 Å². The minimum Gasteiger partial charge on any atom is -0.347 e. The Kier molecular flexibility index (Phi) is 5.45. The lowest BCUT2D eigenvalue weighted by atomic mass is 10.1. The van der Waals surface area contributed by atoms with Gasteiger partial charge in [-0.2, -0.15) is 0 Å². The summed E-state index contributed by atoms with van der Waals surface area (Å²) < 4.78 is 13.7. The molecule has 4 nitrogen and oxygen atoms in total. The average molecular weight is 324 g/mol. The minimum atomic E-state index is -0.531. The van der Waals surface area contributed by atoms with Gasteiger partial charge in [-0.3, -0.25) is 9.59 Å². The quantitative estimate of drug-likeness (QED) is 0.903. The molecule has 1 aliphatic rings. The standard InChI is InChI=1S/C16H21FN2O2S/c1-10(16(21)19(2)3)18-15(20)9-22-14-8-7-11-12(14)5-4-6-13(11)17/h4-6,10,14H,7-9H2,1-3H3,(H,18,20)/t10-,14-/m1/s1. The molecule has 2 amide bonds. The molecule has 0 spiro atoms. The number of benzene rings is 1. The third kappa shape index (κ3) is 3.80. The summed E-state index contributed by atoms with van der Waals surface area (Å²) in [6.07, 6.45) is 1.57. The molecule has 1 N–H and O–H groups in total. The van der Waals surface area contributed by atoms with Crippen molar-refractivity contribution in [2.75, 3.05) is 19.8 Å². The number of amides is 2. The van der Waals surface area contributed by atoms with Gasteiger partial charge in [0.2, 0.25) is 11.8 Å². The van der Waals surface area contributed by atoms with Crippen molar-refractivity contribution >= 4 is 23.6 Å². The van der Waals surface area contributed by atoms with Crippen LogP contribution in [-0.2, 0) is 16.0 Å². The van der Waals surface area contributed by atoms with Gasteiger partial charge in [-0.15, -0.1) is 11.8 Å². The van der Waals surface area contributed by atoms with E-state index in [1.165, 1.54) is 22.7 Å². The van der Waals surface area contributed by atoms with Crippen LogP contribution in [0.2, 0.25) is 0 Å². The van der Waals surface area contributed by atoms with Crippen molar-refractivity contribution in [1.29, 1.82) is 0 Å². The maximum atomic E-state index is 13.7. The lowest BCUT2D eigenvalue weighted by Crippen LogP contribution is -2.44. The van der Waals surface area contributed by atoms with Crippen molar-refractivity contribution in [2.24, 2.45) is 0 Å². The molecule has 0 saturated heterocycles. The van der Waals surface area contributed by atoms with Crippen LogP contribution in [0.5, 0.6) is 0 Å². The van der Waals surface area contributed by atoms with Crippen molar-refractivity contribution in [2.45, 2.75) is 31.1 Å². The Labute approximate surface area is 134 Å². The predicted molar refractivity (Wildman–Crippen MR) is 86.2 cm³/mol. The lowest BCUT2D eigenvalue weighted by molar-refractivity contribution is -0.133. The zero-order valence-electron chi connectivity index (χ0n) is 13.1. The smallest absolute Gasteiger partial charge is 0.244 e. The molecule has 6 heteroatoms. The van der Waals surface area contributed by atoms with Gasteiger partial charge in [0.1, 0.15) is 11.9 Å². The zero-order chi connectivity index (χ0) is 16.3. The average Bonchev–Trinajstić information content (AvgIpc) is 2.88. The van der Waals surface area contributed by atoms with Crippen LogP contribution in [0, 0.1) is 5.82 Å². The van der Waals surface area contributed by atoms with Crippen molar-refractivity contribution in [3.05, 3.63) is 35.1 Å². The number of rotatable bonds is 5. The molecule has 0 heterocycles. The summed E-state index contributed by atoms with van der Waals surface area (Å²) in [4.78, 5) is 25.1. The second kappa shape index (κ2) is 7.13. The number of hydrogen-bond acceptors (Lipinski definition) is 3. The Bertz CT molecular complexity index is 577. The van der Waals surface area contributed by atoms with E-state index in [0.29, 0.717) is 0 Å². The van der Waals surface area contributed by atoms with Crippen molar-refractivity contribution in [3.8, 4) is 0 Å². The molecule has 1 aromatic rings. The monoisotopic (exact) mass is 324 g/mol. The van der Waals surface area contributed by atoms with E-state index < -0.39 is 6.04 Å². The summed E-state index contributed by atoms with van der Waals surface area (Å²) in [5, 5.41) is 2.84. The van der Waals surface area contributed by atoms with Gasteiger partial charge in [0.05, 0.1) is 5.75 Å². The molecular formula is C16H21FN2O2S. The van der Waals surface area contributed by atoms with Crippen LogP contribution in [-0.4, -0.2) is 42.6 Å². The Hall–Kier alpha value is -1.56. The van der Waals surface area contributed by atoms with Crippen molar-refractivity contribution in [1.82, 2.24) is 10.2 Å². The highest BCUT2D eigenvalue weighted by Gasteiger charge is 2.26. The third-order valence-corrected chi connectivity index (χ3v) is 5.08. The molecule has 2 atom stereocenters. The normalized spacial score (nSPS) is 17.7. The minimum absolute atomic E-state index is 0.133. The van der Waals surface area contributed by atoms with Gasteiger partial charge in [-0.25, -0.2) is 4.39 Å². The number of thioether (sulfide) groups is 1. The number of carbonyl (C=O) groups is 2. The van der Waals surface area contributed by atoms with Gasteiger partial charge < -0.3 is 10.2 Å². The molecule has 0 fully saturated rings. The largest absolute Gasteiger partial charge is 0.347 e. The van der Waals surface area contributed by atoms with Crippen molar-refractivity contribution < 1.29 is 14.0 Å². The number of nitrogens with one attached hydrogen (secondary N) is 1. The first-order chi connectivity index (χ1) is 10.4. The van der Waals surface area contributed by atoms with Crippen LogP contribution in [0.15, 0.2) is 18.2 Å². The SMILES string of the molecule is C[C@@H](NC(=O)CS[C@@H]1CCc2c(F)cccc21)C(=O)N(C)C. The predicted octanol–water partition coefficient (Wildman–Crippen LogP) is 2.14. The summed E-state index contributed by atoms with van der Waals surface area (Å²) in [6.45, 7) is 1.67. The summed E-state index contributed by atoms with van der Waals surface area (Å²) in [7, 11) is 3.31. The number of hydrogen-bond donors (Lipinski definition) is 1. The molecule has 1 aliphatic carbocycles. The maximum Gasteiger partial charge on any atom is 0.244 e. The molecule has 0 aromatic heterocycles. The summed E-state index contributed by atoms with van der Waals surface area (Å²) in [5.41, 5.74) is 1.77. The van der Waals surface area contributed by atoms with Gasteiger partial charge in [-0.05, 0) is 37.0 Å². The van der Waals surface area contributed by atoms with Crippen LogP contribution < -0.4 is 5.32 Å². The van der Waals surface area contributed by atoms with Crippen LogP contribution in [0.4, 0.5) is 4.39 Å². The summed E-state index contributed by atoms with van der Waals surface area (Å²) in [5.74, 6) is -0.189. The van der Waals surface area contributed by atoms with Gasteiger partial charge in [0, 0.05) is 19.3 Å². The Morgan fingerprint density at radius 1 is 1.45 bits per heavy atom. The van der Waals surface area contributed by atoms with E-state index in [4.69, 9.17) is 0 Å². The first kappa shape index (κ1) is 16.8. The van der Waals surface area contributed by atoms with Crippen LogP contribution in [0.1, 0.15) is 29.7 Å². The summed E-state index contributed by atoms with van der Waals surface area (Å²) >= 11 is 1.50. The third-order valence-electron chi connectivity index (χ3n) is 3.76. The maximum absolute atomic E-state index is 13.7. The molecule has 22 heavy (non-hydrogen) atoms. The van der Waals surface area contributed by atoms with Crippen molar-refractivity contribution in [3.63, 3.8) is 0 Å². The molecule has 0 bridgehead atoms. The molecule has 0 radical (unpaired) electrons. The molecule has 1 aromatic carbocycles. The number of halogens is 1. The van der Waals surface area contributed by atoms with Crippen LogP contribution in [0.3, 0.4) is 0 Å². The molecular weight excluding hydrogens is 303 g/mol. The van der Waals surface area contributed by atoms with Crippen LogP contribution in [0.25, 0.3) is 0 Å². The second-order valence-corrected chi connectivity index (χ2v) is 6.86. The molecule has 0 aliphatic heterocycles. The second-order valence-electron chi connectivity index (χ2n) is 5.67. The van der Waals surface area contributed by atoms with E-state index in [2.05, 4.69) is 5.32 Å². The highest BCUT2D eigenvalue weighted by Crippen LogP contribution is 2.41. The molecule has 120 valence electrons. The van der Waals surface area contributed by atoms with Gasteiger partial charge in [-0.1, -0.05) is 12.1 Å². The molecule has 0 saturated carbocycles. The van der Waals surface area contributed by atoms with E-state index >= 15 is 0 Å². The summed E-state index contributed by atoms with van der Waals surface area (Å²) in [6, 6.07) is 4.59. The number of likely N-dealkylation sites (N-methyl/N-ethyl adjacent to an activating group) is 1. The van der Waals surface area contributed by atoms with Crippen LogP contribution >= 0.6 is 11.8 Å². The fourth-order valence-electron chi connectivity index (χ4n) is 2.65. The van der Waals surface area contributed by atoms with E-state index in [0.717, 1.165) is 24.0 Å². The first-order valence-corrected chi connectivity index (χ1v) is 8.34. The number of nitrogens with zero attached hydrogens (tertiary/aromatic N) is 1. The molecule has 0 unspecified atom stereocenters. The lowest BCUT2D eigenvalue weighted by Gasteiger charge is -2.18. The highest BCUT2D eigenvalue weighted by molar-refractivity contribution is 8.00. The first-order valence-electron chi connectivity index (χ1n) is 7.29. The Morgan fingerprint density at radius 3 is 2.86 bits per heavy atom. The van der Waals surface area contributed by atoms with Gasteiger partial charge >= 0.3 is 0 Å². The number of carbonyl (C=O) groups excluding carboxylic acids is 2. The zero-order valence-corrected chi connectivity index (χ0v) is 13.9. The number of fused-ring (bicyclic) bond motifs is 1. The van der Waals surface area contributed by atoms with E-state index in [-0.39, 0.29) is 28.6 Å². The van der Waals surface area contributed by atoms with E-state index in [1.807, 2.05) is 6.07 Å². The fraction of sp³-hybridized carbons (Fsp3) is 0.500. The topological polar surface area (TPSA) is 49.4 Å². The highest BCUT2D eigenvalue weighted by atomic mass is 32.2. The van der Waals surface area contributed by atoms with Gasteiger partial charge in [0.15, 0.2) is 0 Å². The van der Waals surface area contributed by atoms with E-state index in [9.17, 15) is 14.0 Å². The Balaban J connectivity index is 1.86. The fourth-order valence-corrected chi connectivity index (χ4v) is 3.77. The Morgan fingerprint density at radius 2 is 2.18 bits per heavy atom. The van der Waals surface area contributed by atoms with E-state index in [1.54, 1.807) is 27.1 Å².